The van der Waals surface area contributed by atoms with Crippen molar-refractivity contribution in [1.29, 1.82) is 0 Å². The Morgan fingerprint density at radius 2 is 1.85 bits per heavy atom. The molecule has 2 aliphatic heterocycles. The van der Waals surface area contributed by atoms with E-state index in [2.05, 4.69) is 10.3 Å². The maximum Gasteiger partial charge on any atom is 0.304 e. The van der Waals surface area contributed by atoms with Crippen molar-refractivity contribution in [2.75, 3.05) is 35.9 Å². The number of halogens is 2. The zero-order valence-corrected chi connectivity index (χ0v) is 20.5. The summed E-state index contributed by atoms with van der Waals surface area (Å²) in [6.07, 6.45) is 3.82. The van der Waals surface area contributed by atoms with E-state index in [1.54, 1.807) is 18.2 Å². The maximum atomic E-state index is 13.7. The van der Waals surface area contributed by atoms with Gasteiger partial charge in [-0.05, 0) is 42.9 Å². The molecule has 0 unspecified atom stereocenters. The van der Waals surface area contributed by atoms with E-state index >= 15 is 0 Å². The molecule has 1 aromatic heterocycles. The van der Waals surface area contributed by atoms with Crippen molar-refractivity contribution in [3.05, 3.63) is 46.1 Å². The molecule has 2 aromatic rings. The summed E-state index contributed by atoms with van der Waals surface area (Å²) in [7, 11) is -3.89. The largest absolute Gasteiger partial charge is 0.468 e. The van der Waals surface area contributed by atoms with Crippen molar-refractivity contribution in [1.82, 2.24) is 9.29 Å². The second kappa shape index (κ2) is 9.16. The maximum absolute atomic E-state index is 13.7. The average Bonchev–Trinajstić information content (AvgIpc) is 3.41. The minimum Gasteiger partial charge on any atom is -0.468 e. The van der Waals surface area contributed by atoms with Gasteiger partial charge in [-0.15, -0.1) is 0 Å². The van der Waals surface area contributed by atoms with Crippen molar-refractivity contribution in [2.45, 2.75) is 25.4 Å². The van der Waals surface area contributed by atoms with Crippen LogP contribution in [0.25, 0.3) is 0 Å². The van der Waals surface area contributed by atoms with E-state index < -0.39 is 22.2 Å². The molecule has 3 atom stereocenters. The Labute approximate surface area is 207 Å². The molecule has 0 bridgehead atoms. The van der Waals surface area contributed by atoms with Crippen molar-refractivity contribution in [3.63, 3.8) is 0 Å². The molecule has 1 saturated heterocycles. The smallest absolute Gasteiger partial charge is 0.304 e. The van der Waals surface area contributed by atoms with Crippen LogP contribution in [0.15, 0.2) is 30.5 Å². The number of rotatable bonds is 5. The molecule has 1 aliphatic carbocycles. The van der Waals surface area contributed by atoms with Gasteiger partial charge in [0.05, 0.1) is 40.6 Å². The standard InChI is InChI=1S/C22H24Cl2N4O5S/c23-17-5-2-6-18(24)20(17)21(30)26-15-7-19-22(25-8-15)33-16(12-29)11-28(19)34(31,32)27-9-13-3-1-4-14(13)10-27/h2,5-8,13-14,16,29H,1,3-4,9-12H2,(H,26,30)/t13-,14+,16-/m1/s1. The third kappa shape index (κ3) is 4.22. The van der Waals surface area contributed by atoms with E-state index in [1.807, 2.05) is 0 Å². The molecule has 0 spiro atoms. The van der Waals surface area contributed by atoms with Crippen molar-refractivity contribution in [2.24, 2.45) is 11.8 Å². The summed E-state index contributed by atoms with van der Waals surface area (Å²) in [5.41, 5.74) is 0.558. The van der Waals surface area contributed by atoms with Gasteiger partial charge < -0.3 is 15.2 Å². The van der Waals surface area contributed by atoms with Crippen LogP contribution in [-0.2, 0) is 10.2 Å². The lowest BCUT2D eigenvalue weighted by Gasteiger charge is -2.36. The fourth-order valence-electron chi connectivity index (χ4n) is 5.00. The van der Waals surface area contributed by atoms with Crippen LogP contribution in [-0.4, -0.2) is 61.1 Å². The number of anilines is 2. The Kier molecular flexibility index (Phi) is 6.36. The molecule has 2 fully saturated rings. The van der Waals surface area contributed by atoms with Crippen LogP contribution in [0.3, 0.4) is 0 Å². The van der Waals surface area contributed by atoms with Crippen LogP contribution in [0.2, 0.25) is 10.0 Å². The van der Waals surface area contributed by atoms with Crippen LogP contribution in [0.5, 0.6) is 5.88 Å². The normalized spacial score (nSPS) is 24.4. The Morgan fingerprint density at radius 1 is 1.18 bits per heavy atom. The molecule has 3 aliphatic rings. The third-order valence-electron chi connectivity index (χ3n) is 6.70. The van der Waals surface area contributed by atoms with Crippen molar-refractivity contribution >= 4 is 50.7 Å². The van der Waals surface area contributed by atoms with E-state index in [9.17, 15) is 18.3 Å². The number of pyridine rings is 1. The Morgan fingerprint density at radius 3 is 2.50 bits per heavy atom. The Balaban J connectivity index is 1.45. The first-order valence-corrected chi connectivity index (χ1v) is 13.2. The number of carbonyl (C=O) groups excluding carboxylic acids is 1. The van der Waals surface area contributed by atoms with E-state index in [4.69, 9.17) is 27.9 Å². The monoisotopic (exact) mass is 526 g/mol. The van der Waals surface area contributed by atoms with Crippen LogP contribution < -0.4 is 14.4 Å². The second-order valence-electron chi connectivity index (χ2n) is 8.83. The lowest BCUT2D eigenvalue weighted by molar-refractivity contribution is 0.102. The summed E-state index contributed by atoms with van der Waals surface area (Å²) in [5, 5.41) is 12.7. The number of carbonyl (C=O) groups is 1. The fourth-order valence-corrected chi connectivity index (χ4v) is 7.34. The molecule has 1 amide bonds. The number of benzene rings is 1. The van der Waals surface area contributed by atoms with Gasteiger partial charge in [-0.1, -0.05) is 35.7 Å². The lowest BCUT2D eigenvalue weighted by Crippen LogP contribution is -2.50. The minimum atomic E-state index is -3.89. The number of aliphatic hydroxyl groups is 1. The minimum absolute atomic E-state index is 0.0624. The highest BCUT2D eigenvalue weighted by atomic mass is 35.5. The summed E-state index contributed by atoms with van der Waals surface area (Å²) in [6, 6.07) is 6.23. The first-order valence-electron chi connectivity index (χ1n) is 11.1. The molecule has 5 rings (SSSR count). The molecule has 12 heteroatoms. The summed E-state index contributed by atoms with van der Waals surface area (Å²) >= 11 is 12.3. The van der Waals surface area contributed by atoms with E-state index in [0.717, 1.165) is 19.3 Å². The van der Waals surface area contributed by atoms with Crippen LogP contribution in [0.4, 0.5) is 11.4 Å². The molecular formula is C22H24Cl2N4O5S. The van der Waals surface area contributed by atoms with Gasteiger partial charge in [-0.2, -0.15) is 12.7 Å². The second-order valence-corrected chi connectivity index (χ2v) is 11.5. The van der Waals surface area contributed by atoms with Crippen molar-refractivity contribution < 1.29 is 23.1 Å². The number of aromatic nitrogens is 1. The fraction of sp³-hybridized carbons (Fsp3) is 0.455. The summed E-state index contributed by atoms with van der Waals surface area (Å²) in [4.78, 5) is 17.0. The first kappa shape index (κ1) is 23.6. The number of nitrogens with zero attached hydrogens (tertiary/aromatic N) is 3. The molecule has 182 valence electrons. The van der Waals surface area contributed by atoms with Gasteiger partial charge in [0.25, 0.3) is 5.91 Å². The molecule has 1 saturated carbocycles. The highest BCUT2D eigenvalue weighted by Crippen LogP contribution is 2.42. The average molecular weight is 527 g/mol. The first-order chi connectivity index (χ1) is 16.3. The number of fused-ring (bicyclic) bond motifs is 2. The Hall–Kier alpha value is -2.11. The van der Waals surface area contributed by atoms with E-state index in [-0.39, 0.29) is 46.0 Å². The number of nitrogens with one attached hydrogen (secondary N) is 1. The SMILES string of the molecule is O=C(Nc1cnc2c(c1)N(S(=O)(=O)N1C[C@H]3CCC[C@H]3C1)C[C@H](CO)O2)c1c(Cl)cccc1Cl. The third-order valence-corrected chi connectivity index (χ3v) is 9.18. The highest BCUT2D eigenvalue weighted by molar-refractivity contribution is 7.90. The summed E-state index contributed by atoms with van der Waals surface area (Å²) in [6.45, 7) is 0.547. The molecule has 34 heavy (non-hydrogen) atoms. The van der Waals surface area contributed by atoms with Gasteiger partial charge >= 0.3 is 10.2 Å². The van der Waals surface area contributed by atoms with E-state index in [0.29, 0.717) is 24.9 Å². The van der Waals surface area contributed by atoms with E-state index in [1.165, 1.54) is 20.9 Å². The van der Waals surface area contributed by atoms with Crippen LogP contribution >= 0.6 is 23.2 Å². The predicted molar refractivity (Wildman–Crippen MR) is 129 cm³/mol. The number of aliphatic hydroxyl groups excluding tert-OH is 1. The number of ether oxygens (including phenoxy) is 1. The molecule has 0 radical (unpaired) electrons. The van der Waals surface area contributed by atoms with Crippen LogP contribution in [0, 0.1) is 11.8 Å². The van der Waals surface area contributed by atoms with Gasteiger partial charge in [-0.25, -0.2) is 9.29 Å². The highest BCUT2D eigenvalue weighted by Gasteiger charge is 2.45. The molecule has 3 heterocycles. The molecule has 2 N–H and O–H groups in total. The summed E-state index contributed by atoms with van der Waals surface area (Å²) < 4.78 is 35.7. The number of amides is 1. The molecular weight excluding hydrogens is 503 g/mol. The number of hydrogen-bond acceptors (Lipinski definition) is 6. The molecule has 9 nitrogen and oxygen atoms in total. The zero-order chi connectivity index (χ0) is 24.0. The number of hydrogen-bond donors (Lipinski definition) is 2. The quantitative estimate of drug-likeness (QED) is 0.618. The van der Waals surface area contributed by atoms with Gasteiger partial charge in [0.2, 0.25) is 5.88 Å². The molecule has 1 aromatic carbocycles. The van der Waals surface area contributed by atoms with Gasteiger partial charge in [0, 0.05) is 13.1 Å². The van der Waals surface area contributed by atoms with Gasteiger partial charge in [-0.3, -0.25) is 4.79 Å². The van der Waals surface area contributed by atoms with Gasteiger partial charge in [0.15, 0.2) is 0 Å². The lowest BCUT2D eigenvalue weighted by atomic mass is 10.0. The Bertz CT molecular complexity index is 1200. The van der Waals surface area contributed by atoms with Gasteiger partial charge in [0.1, 0.15) is 11.8 Å². The van der Waals surface area contributed by atoms with Crippen LogP contribution in [0.1, 0.15) is 29.6 Å². The van der Waals surface area contributed by atoms with Crippen molar-refractivity contribution in [3.8, 4) is 5.88 Å². The summed E-state index contributed by atoms with van der Waals surface area (Å²) in [5.74, 6) is 0.284. The zero-order valence-electron chi connectivity index (χ0n) is 18.2. The predicted octanol–water partition coefficient (Wildman–Crippen LogP) is 3.18. The topological polar surface area (TPSA) is 112 Å².